The second-order valence-electron chi connectivity index (χ2n) is 10.3. The maximum absolute atomic E-state index is 13.5. The number of fused-ring (bicyclic) bond motifs is 1. The minimum atomic E-state index is -5.06. The van der Waals surface area contributed by atoms with Crippen molar-refractivity contribution in [2.75, 3.05) is 19.6 Å². The van der Waals surface area contributed by atoms with Crippen molar-refractivity contribution >= 4 is 17.9 Å². The molecule has 2 aliphatic rings. The first-order valence-electron chi connectivity index (χ1n) is 13.3. The number of nitrogens with two attached hydrogens (primary N) is 1. The van der Waals surface area contributed by atoms with Crippen molar-refractivity contribution in [2.24, 2.45) is 5.73 Å². The molecule has 0 bridgehead atoms. The third-order valence-corrected chi connectivity index (χ3v) is 7.28. The summed E-state index contributed by atoms with van der Waals surface area (Å²) in [5.41, 5.74) is 2.86. The van der Waals surface area contributed by atoms with E-state index in [-0.39, 0.29) is 43.9 Å². The van der Waals surface area contributed by atoms with Gasteiger partial charge in [0.05, 0.1) is 17.7 Å². The molecule has 4 rings (SSSR count). The van der Waals surface area contributed by atoms with Crippen LogP contribution in [-0.4, -0.2) is 64.4 Å². The predicted molar refractivity (Wildman–Crippen MR) is 137 cm³/mol. The Labute approximate surface area is 238 Å². The van der Waals surface area contributed by atoms with Gasteiger partial charge in [-0.05, 0) is 48.7 Å². The molecule has 3 amide bonds. The summed E-state index contributed by atoms with van der Waals surface area (Å²) in [4.78, 5) is 43.4. The Bertz CT molecular complexity index is 1260. The highest BCUT2D eigenvalue weighted by Crippen LogP contribution is 2.37. The fourth-order valence-electron chi connectivity index (χ4n) is 5.22. The molecular weight excluding hydrogens is 570 g/mol. The van der Waals surface area contributed by atoms with Crippen LogP contribution < -0.4 is 5.73 Å². The van der Waals surface area contributed by atoms with Crippen molar-refractivity contribution < 1.29 is 45.5 Å². The number of amides is 3. The summed E-state index contributed by atoms with van der Waals surface area (Å²) >= 11 is 0. The Morgan fingerprint density at radius 1 is 0.905 bits per heavy atom. The normalized spacial score (nSPS) is 19.6. The zero-order valence-electron chi connectivity index (χ0n) is 22.5. The molecule has 0 aromatic heterocycles. The van der Waals surface area contributed by atoms with Gasteiger partial charge in [0.1, 0.15) is 19.3 Å². The highest BCUT2D eigenvalue weighted by molar-refractivity contribution is 5.88. The zero-order chi connectivity index (χ0) is 30.7. The van der Waals surface area contributed by atoms with Gasteiger partial charge in [-0.25, -0.2) is 4.79 Å². The summed E-state index contributed by atoms with van der Waals surface area (Å²) in [6.07, 6.45) is -10.7. The lowest BCUT2D eigenvalue weighted by atomic mass is 9.98. The van der Waals surface area contributed by atoms with E-state index in [0.717, 1.165) is 5.56 Å². The molecule has 2 N–H and O–H groups in total. The number of alkyl halides is 6. The number of piperazine rings is 1. The number of carbonyl (C=O) groups is 3. The van der Waals surface area contributed by atoms with Crippen LogP contribution in [0, 0.1) is 0 Å². The van der Waals surface area contributed by atoms with Crippen molar-refractivity contribution in [3.05, 3.63) is 70.8 Å². The van der Waals surface area contributed by atoms with E-state index in [1.54, 1.807) is 12.1 Å². The van der Waals surface area contributed by atoms with Gasteiger partial charge in [0, 0.05) is 19.0 Å². The Kier molecular flexibility index (Phi) is 9.34. The van der Waals surface area contributed by atoms with Crippen LogP contribution in [0.5, 0.6) is 0 Å². The summed E-state index contributed by atoms with van der Waals surface area (Å²) in [6.45, 7) is -0.631. The molecule has 0 saturated carbocycles. The Morgan fingerprint density at radius 2 is 1.55 bits per heavy atom. The summed E-state index contributed by atoms with van der Waals surface area (Å²) in [7, 11) is 0. The number of halogens is 6. The van der Waals surface area contributed by atoms with Crippen LogP contribution in [0.25, 0.3) is 0 Å². The molecule has 2 unspecified atom stereocenters. The molecule has 2 aliphatic heterocycles. The van der Waals surface area contributed by atoms with E-state index in [4.69, 9.17) is 10.5 Å². The summed E-state index contributed by atoms with van der Waals surface area (Å²) < 4.78 is 85.1. The highest BCUT2D eigenvalue weighted by atomic mass is 19.4. The van der Waals surface area contributed by atoms with E-state index in [0.29, 0.717) is 37.9 Å². The molecule has 2 heterocycles. The monoisotopic (exact) mass is 600 g/mol. The van der Waals surface area contributed by atoms with E-state index in [2.05, 4.69) is 0 Å². The van der Waals surface area contributed by atoms with Gasteiger partial charge in [0.2, 0.25) is 11.8 Å². The second-order valence-corrected chi connectivity index (χ2v) is 10.3. The second kappa shape index (κ2) is 12.6. The van der Waals surface area contributed by atoms with Gasteiger partial charge in [-0.15, -0.1) is 0 Å². The van der Waals surface area contributed by atoms with Crippen molar-refractivity contribution in [3.63, 3.8) is 0 Å². The third-order valence-electron chi connectivity index (χ3n) is 7.28. The number of benzene rings is 2. The number of hydrogen-bond donors (Lipinski definition) is 1. The van der Waals surface area contributed by atoms with Crippen LogP contribution in [0.1, 0.15) is 47.9 Å². The number of ether oxygens (including phenoxy) is 1. The summed E-state index contributed by atoms with van der Waals surface area (Å²) in [5.74, 6) is -0.677. The molecule has 2 fully saturated rings. The van der Waals surface area contributed by atoms with Crippen molar-refractivity contribution in [2.45, 2.75) is 63.4 Å². The largest absolute Gasteiger partial charge is 0.444 e. The lowest BCUT2D eigenvalue weighted by molar-refractivity contribution is -0.164. The summed E-state index contributed by atoms with van der Waals surface area (Å²) in [5, 5.41) is 0. The fourth-order valence-corrected chi connectivity index (χ4v) is 5.22. The number of hydrogen-bond acceptors (Lipinski definition) is 5. The quantitative estimate of drug-likeness (QED) is 0.348. The first-order valence-corrected chi connectivity index (χ1v) is 13.3. The Morgan fingerprint density at radius 3 is 2.14 bits per heavy atom. The minimum absolute atomic E-state index is 0.00666. The summed E-state index contributed by atoms with van der Waals surface area (Å²) in [6, 6.07) is 9.36. The van der Waals surface area contributed by atoms with Crippen LogP contribution in [0.3, 0.4) is 0 Å². The van der Waals surface area contributed by atoms with E-state index in [1.807, 2.05) is 18.2 Å². The van der Waals surface area contributed by atoms with E-state index in [9.17, 15) is 40.7 Å². The molecule has 2 saturated heterocycles. The first-order chi connectivity index (χ1) is 19.8. The number of carbonyl (C=O) groups excluding carboxylic acids is 3. The Hall–Kier alpha value is -3.81. The third kappa shape index (κ3) is 7.33. The lowest BCUT2D eigenvalue weighted by Gasteiger charge is -2.51. The smallest absolute Gasteiger partial charge is 0.416 e. The molecule has 0 aliphatic carbocycles. The number of rotatable bonds is 8. The van der Waals surface area contributed by atoms with Gasteiger partial charge in [-0.1, -0.05) is 36.8 Å². The molecule has 2 aromatic rings. The number of nitrogens with zero attached hydrogens (tertiary/aromatic N) is 3. The number of unbranched alkanes of at least 4 members (excludes halogenated alkanes) is 1. The molecule has 0 spiro atoms. The van der Waals surface area contributed by atoms with Crippen molar-refractivity contribution in [1.29, 1.82) is 0 Å². The minimum Gasteiger partial charge on any atom is -0.444 e. The van der Waals surface area contributed by atoms with Crippen LogP contribution >= 0.6 is 0 Å². The first kappa shape index (κ1) is 31.1. The predicted octanol–water partition coefficient (Wildman–Crippen LogP) is 4.76. The Balaban J connectivity index is 1.59. The SMILES string of the molecule is NCCCCC1CC(=O)N2CC(=O)N(Cc3ccccc3)CC2N1C(=O)OCc1cc(C(F)(F)F)cc(C(F)(F)F)c1. The molecule has 42 heavy (non-hydrogen) atoms. The average Bonchev–Trinajstić information content (AvgIpc) is 2.92. The van der Waals surface area contributed by atoms with Gasteiger partial charge < -0.3 is 20.3 Å². The lowest BCUT2D eigenvalue weighted by Crippen LogP contribution is -2.69. The van der Waals surface area contributed by atoms with Gasteiger partial charge >= 0.3 is 18.4 Å². The average molecular weight is 601 g/mol. The molecule has 14 heteroatoms. The molecule has 2 aromatic carbocycles. The highest BCUT2D eigenvalue weighted by Gasteiger charge is 2.47. The maximum atomic E-state index is 13.5. The van der Waals surface area contributed by atoms with Crippen LogP contribution in [0.4, 0.5) is 31.1 Å². The van der Waals surface area contributed by atoms with E-state index < -0.39 is 54.0 Å². The van der Waals surface area contributed by atoms with Crippen molar-refractivity contribution in [3.8, 4) is 0 Å². The molecule has 228 valence electrons. The van der Waals surface area contributed by atoms with E-state index in [1.165, 1.54) is 14.7 Å². The van der Waals surface area contributed by atoms with Gasteiger partial charge in [-0.2, -0.15) is 26.3 Å². The fraction of sp³-hybridized carbons (Fsp3) is 0.464. The molecule has 8 nitrogen and oxygen atoms in total. The van der Waals surface area contributed by atoms with Crippen LogP contribution in [0.2, 0.25) is 0 Å². The zero-order valence-corrected chi connectivity index (χ0v) is 22.5. The van der Waals surface area contributed by atoms with E-state index >= 15 is 0 Å². The molecule has 2 atom stereocenters. The van der Waals surface area contributed by atoms with Crippen LogP contribution in [-0.2, 0) is 39.8 Å². The topological polar surface area (TPSA) is 96.2 Å². The van der Waals surface area contributed by atoms with Crippen molar-refractivity contribution in [1.82, 2.24) is 14.7 Å². The van der Waals surface area contributed by atoms with Gasteiger partial charge in [-0.3, -0.25) is 14.5 Å². The van der Waals surface area contributed by atoms with Crippen LogP contribution in [0.15, 0.2) is 48.5 Å². The molecular formula is C28H30F6N4O4. The van der Waals surface area contributed by atoms with Gasteiger partial charge in [0.25, 0.3) is 0 Å². The molecule has 0 radical (unpaired) electrons. The van der Waals surface area contributed by atoms with Gasteiger partial charge in [0.15, 0.2) is 0 Å². The standard InChI is InChI=1S/C28H30F6N4O4/c29-27(30,31)20-10-19(11-21(12-20)28(32,33)34)17-42-26(41)38-22(8-4-5-9-35)13-24(39)37-16-25(40)36(15-23(37)38)14-18-6-2-1-3-7-18/h1-3,6-7,10-12,22-23H,4-5,8-9,13-17,35H2. The maximum Gasteiger partial charge on any atom is 0.416 e.